The van der Waals surface area contributed by atoms with E-state index in [2.05, 4.69) is 10.4 Å². The van der Waals surface area contributed by atoms with Crippen molar-refractivity contribution in [1.82, 2.24) is 9.78 Å². The lowest BCUT2D eigenvalue weighted by atomic mass is 9.67. The van der Waals surface area contributed by atoms with E-state index < -0.39 is 80.2 Å². The van der Waals surface area contributed by atoms with Crippen molar-refractivity contribution >= 4 is 21.3 Å². The molecule has 0 bridgehead atoms. The van der Waals surface area contributed by atoms with E-state index in [4.69, 9.17) is 4.78 Å². The number of nitrogens with zero attached hydrogens (tertiary/aromatic N) is 3. The van der Waals surface area contributed by atoms with Crippen LogP contribution in [0.1, 0.15) is 54.4 Å². The van der Waals surface area contributed by atoms with Gasteiger partial charge in [0, 0.05) is 42.5 Å². The summed E-state index contributed by atoms with van der Waals surface area (Å²) in [6, 6.07) is 2.01. The van der Waals surface area contributed by atoms with E-state index in [1.54, 1.807) is 0 Å². The summed E-state index contributed by atoms with van der Waals surface area (Å²) in [5, 5.41) is 15.2. The Morgan fingerprint density at radius 2 is 1.91 bits per heavy atom. The van der Waals surface area contributed by atoms with E-state index in [1.165, 1.54) is 6.92 Å². The molecule has 2 saturated carbocycles. The summed E-state index contributed by atoms with van der Waals surface area (Å²) in [4.78, 5) is 13.1. The molecular formula is C20H22F6N5O3S+. The lowest BCUT2D eigenvalue weighted by molar-refractivity contribution is -0.932. The standard InChI is InChI=1S/C20H21F6N5O3S/c1-17(8-19(22,23)9-17)10-30-14(13(20(24,25)26)15(29-30)18(21)4-5-18)16(32)28-11-3-6-31(33)12(7-11)35(2,27)34/h3,6-7,27,33H,4-5,8-10H2,1-2H3/p+1. The Kier molecular flexibility index (Phi) is 5.47. The minimum absolute atomic E-state index is 0.206. The number of carbonyl (C=O) groups is 1. The average molecular weight is 526 g/mol. The Morgan fingerprint density at radius 3 is 2.40 bits per heavy atom. The molecule has 4 rings (SSSR count). The lowest BCUT2D eigenvalue weighted by Crippen LogP contribution is -2.47. The Labute approximate surface area is 195 Å². The Morgan fingerprint density at radius 1 is 1.31 bits per heavy atom. The molecule has 15 heteroatoms. The zero-order valence-electron chi connectivity index (χ0n) is 18.5. The highest BCUT2D eigenvalue weighted by molar-refractivity contribution is 7.91. The zero-order valence-corrected chi connectivity index (χ0v) is 19.4. The van der Waals surface area contributed by atoms with Crippen LogP contribution < -0.4 is 10.0 Å². The molecule has 2 aliphatic rings. The first-order valence-corrected chi connectivity index (χ1v) is 12.4. The van der Waals surface area contributed by atoms with Crippen LogP contribution >= 0.6 is 0 Å². The van der Waals surface area contributed by atoms with Gasteiger partial charge in [0.15, 0.2) is 5.67 Å². The number of alkyl halides is 6. The highest BCUT2D eigenvalue weighted by Crippen LogP contribution is 2.55. The van der Waals surface area contributed by atoms with Gasteiger partial charge >= 0.3 is 11.2 Å². The molecule has 0 radical (unpaired) electrons. The number of halogens is 6. The number of hydrogen-bond acceptors (Lipinski definition) is 5. The Balaban J connectivity index is 1.79. The third-order valence-electron chi connectivity index (χ3n) is 6.02. The van der Waals surface area contributed by atoms with Crippen molar-refractivity contribution in [3.05, 3.63) is 35.3 Å². The first kappa shape index (κ1) is 25.3. The van der Waals surface area contributed by atoms with Crippen LogP contribution in [0, 0.1) is 10.2 Å². The van der Waals surface area contributed by atoms with Crippen LogP contribution in [-0.2, 0) is 28.1 Å². The van der Waals surface area contributed by atoms with E-state index in [9.17, 15) is 40.6 Å². The molecule has 2 aromatic heterocycles. The van der Waals surface area contributed by atoms with Crippen molar-refractivity contribution in [2.24, 2.45) is 5.41 Å². The molecule has 2 heterocycles. The number of rotatable bonds is 6. The van der Waals surface area contributed by atoms with Gasteiger partial charge in [0.2, 0.25) is 12.1 Å². The van der Waals surface area contributed by atoms with Gasteiger partial charge in [0.25, 0.3) is 5.91 Å². The van der Waals surface area contributed by atoms with Crippen LogP contribution in [0.25, 0.3) is 0 Å². The van der Waals surface area contributed by atoms with Crippen LogP contribution in [0.15, 0.2) is 23.4 Å². The van der Waals surface area contributed by atoms with E-state index >= 15 is 0 Å². The topological polar surface area (TPSA) is 112 Å². The number of amides is 1. The summed E-state index contributed by atoms with van der Waals surface area (Å²) in [6.07, 6.45) is -4.99. The summed E-state index contributed by atoms with van der Waals surface area (Å²) in [5.74, 6) is -4.36. The van der Waals surface area contributed by atoms with Crippen molar-refractivity contribution in [3.63, 3.8) is 0 Å². The SMILES string of the molecule is CC1(Cn2nc(C3(F)CC3)c(C(F)(F)F)c2C(=O)Nc2cc[n+](O)c(S(C)(=N)=O)c2)CC(F)(F)C1. The predicted octanol–water partition coefficient (Wildman–Crippen LogP) is 4.11. The van der Waals surface area contributed by atoms with Gasteiger partial charge in [0.05, 0.1) is 5.69 Å². The number of hydrogen-bond donors (Lipinski definition) is 3. The molecule has 2 aliphatic carbocycles. The van der Waals surface area contributed by atoms with Crippen LogP contribution in [0.5, 0.6) is 0 Å². The van der Waals surface area contributed by atoms with Crippen LogP contribution in [-0.4, -0.2) is 37.3 Å². The fourth-order valence-corrected chi connectivity index (χ4v) is 5.21. The van der Waals surface area contributed by atoms with Gasteiger partial charge in [-0.15, -0.1) is 0 Å². The van der Waals surface area contributed by atoms with E-state index in [1.807, 2.05) is 0 Å². The fraction of sp³-hybridized carbons (Fsp3) is 0.550. The van der Waals surface area contributed by atoms with Crippen LogP contribution in [0.3, 0.4) is 0 Å². The molecule has 1 unspecified atom stereocenters. The zero-order chi connectivity index (χ0) is 26.2. The summed E-state index contributed by atoms with van der Waals surface area (Å²) in [5.41, 5.74) is -7.34. The molecule has 2 aromatic rings. The minimum atomic E-state index is -5.18. The molecular weight excluding hydrogens is 504 g/mol. The molecule has 1 amide bonds. The summed E-state index contributed by atoms with van der Waals surface area (Å²) in [7, 11) is -3.49. The molecule has 0 aromatic carbocycles. The second-order valence-electron chi connectivity index (χ2n) is 9.61. The molecule has 3 N–H and O–H groups in total. The second kappa shape index (κ2) is 7.58. The average Bonchev–Trinajstić information content (AvgIpc) is 3.27. The summed E-state index contributed by atoms with van der Waals surface area (Å²) in [6.45, 7) is 0.940. The maximum atomic E-state index is 14.9. The van der Waals surface area contributed by atoms with Crippen molar-refractivity contribution in [1.29, 1.82) is 4.78 Å². The quantitative estimate of drug-likeness (QED) is 0.299. The van der Waals surface area contributed by atoms with Gasteiger partial charge in [-0.2, -0.15) is 18.3 Å². The van der Waals surface area contributed by atoms with Gasteiger partial charge in [-0.05, 0) is 18.3 Å². The van der Waals surface area contributed by atoms with E-state index in [0.717, 1.165) is 24.6 Å². The van der Waals surface area contributed by atoms with E-state index in [-0.39, 0.29) is 18.5 Å². The Hall–Kier alpha value is -2.84. The molecule has 2 fully saturated rings. The third-order valence-corrected chi connectivity index (χ3v) is 7.13. The molecule has 0 aliphatic heterocycles. The number of carbonyl (C=O) groups excluding carboxylic acids is 1. The molecule has 35 heavy (non-hydrogen) atoms. The second-order valence-corrected chi connectivity index (χ2v) is 11.7. The third kappa shape index (κ3) is 4.82. The lowest BCUT2D eigenvalue weighted by Gasteiger charge is -2.44. The minimum Gasteiger partial charge on any atom is -0.320 e. The highest BCUT2D eigenvalue weighted by Gasteiger charge is 2.57. The molecule has 192 valence electrons. The number of nitrogens with one attached hydrogen (secondary N) is 2. The van der Waals surface area contributed by atoms with Crippen molar-refractivity contribution < 1.29 is 45.3 Å². The fourth-order valence-electron chi connectivity index (χ4n) is 4.44. The van der Waals surface area contributed by atoms with Crippen molar-refractivity contribution in [2.45, 2.75) is 61.9 Å². The molecule has 8 nitrogen and oxygen atoms in total. The van der Waals surface area contributed by atoms with Crippen molar-refractivity contribution in [3.8, 4) is 0 Å². The smallest absolute Gasteiger partial charge is 0.320 e. The number of pyridine rings is 1. The summed E-state index contributed by atoms with van der Waals surface area (Å²) < 4.78 is 105. The van der Waals surface area contributed by atoms with Gasteiger partial charge in [-0.25, -0.2) is 22.2 Å². The first-order chi connectivity index (χ1) is 15.8. The predicted molar refractivity (Wildman–Crippen MR) is 108 cm³/mol. The monoisotopic (exact) mass is 526 g/mol. The maximum Gasteiger partial charge on any atom is 0.420 e. The molecule has 1 atom stereocenters. The van der Waals surface area contributed by atoms with Crippen LogP contribution in [0.4, 0.5) is 32.0 Å². The Bertz CT molecular complexity index is 1310. The van der Waals surface area contributed by atoms with E-state index in [0.29, 0.717) is 9.41 Å². The van der Waals surface area contributed by atoms with Gasteiger partial charge in [0.1, 0.15) is 26.7 Å². The summed E-state index contributed by atoms with van der Waals surface area (Å²) >= 11 is 0. The first-order valence-electron chi connectivity index (χ1n) is 10.4. The molecule has 0 saturated heterocycles. The normalized spacial score (nSPS) is 21.6. The highest BCUT2D eigenvalue weighted by atomic mass is 32.2. The number of aromatic nitrogens is 3. The number of anilines is 1. The largest absolute Gasteiger partial charge is 0.420 e. The maximum absolute atomic E-state index is 14.9. The van der Waals surface area contributed by atoms with Gasteiger partial charge < -0.3 is 5.32 Å². The molecule has 0 spiro atoms. The van der Waals surface area contributed by atoms with Crippen LogP contribution in [0.2, 0.25) is 0 Å². The van der Waals surface area contributed by atoms with Gasteiger partial charge in [-0.1, -0.05) is 6.92 Å². The van der Waals surface area contributed by atoms with Crippen molar-refractivity contribution in [2.75, 3.05) is 11.6 Å². The van der Waals surface area contributed by atoms with Gasteiger partial charge in [-0.3, -0.25) is 14.7 Å².